The van der Waals surface area contributed by atoms with Gasteiger partial charge in [0, 0.05) is 25.3 Å². The molecule has 17 heavy (non-hydrogen) atoms. The molecular formula is C13H18N4. The number of hydrogen-bond acceptors (Lipinski definition) is 4. The van der Waals surface area contributed by atoms with Crippen LogP contribution in [0, 0.1) is 11.3 Å². The van der Waals surface area contributed by atoms with Crippen molar-refractivity contribution in [1.29, 1.82) is 5.26 Å². The van der Waals surface area contributed by atoms with Gasteiger partial charge in [0.05, 0.1) is 11.6 Å². The number of nitriles is 1. The number of pyridine rings is 1. The number of likely N-dealkylation sites (N-methyl/N-ethyl adjacent to an activating group) is 1. The lowest BCUT2D eigenvalue weighted by Crippen LogP contribution is -2.31. The smallest absolute Gasteiger partial charge is 0.127 e. The molecule has 0 amide bonds. The zero-order valence-corrected chi connectivity index (χ0v) is 10.2. The van der Waals surface area contributed by atoms with Crippen LogP contribution in [0.5, 0.6) is 0 Å². The van der Waals surface area contributed by atoms with Crippen molar-refractivity contribution < 1.29 is 0 Å². The van der Waals surface area contributed by atoms with E-state index >= 15 is 0 Å². The average Bonchev–Trinajstić information content (AvgIpc) is 3.19. The van der Waals surface area contributed by atoms with Crippen LogP contribution in [0.2, 0.25) is 0 Å². The Kier molecular flexibility index (Phi) is 3.94. The van der Waals surface area contributed by atoms with Crippen LogP contribution in [0.15, 0.2) is 18.3 Å². The third kappa shape index (κ3) is 3.43. The summed E-state index contributed by atoms with van der Waals surface area (Å²) in [5, 5.41) is 12.0. The fraction of sp³-hybridized carbons (Fsp3) is 0.538. The number of anilines is 1. The van der Waals surface area contributed by atoms with E-state index in [1.165, 1.54) is 12.8 Å². The molecule has 1 fully saturated rings. The predicted octanol–water partition coefficient (Wildman–Crippen LogP) is 1.85. The number of nitrogens with zero attached hydrogens (tertiary/aromatic N) is 3. The molecule has 1 aliphatic carbocycles. The predicted molar refractivity (Wildman–Crippen MR) is 67.7 cm³/mol. The molecule has 90 valence electrons. The van der Waals surface area contributed by atoms with Crippen molar-refractivity contribution in [2.75, 3.05) is 25.0 Å². The van der Waals surface area contributed by atoms with Gasteiger partial charge in [0.15, 0.2) is 0 Å². The Hall–Kier alpha value is -1.60. The maximum Gasteiger partial charge on any atom is 0.127 e. The Morgan fingerprint density at radius 2 is 2.41 bits per heavy atom. The van der Waals surface area contributed by atoms with Gasteiger partial charge in [-0.15, -0.1) is 0 Å². The lowest BCUT2D eigenvalue weighted by molar-refractivity contribution is 0.289. The van der Waals surface area contributed by atoms with Crippen LogP contribution in [-0.2, 0) is 0 Å². The first-order valence-corrected chi connectivity index (χ1v) is 6.17. The molecule has 4 nitrogen and oxygen atoms in total. The van der Waals surface area contributed by atoms with Gasteiger partial charge in [-0.05, 0) is 31.5 Å². The van der Waals surface area contributed by atoms with Crippen LogP contribution in [0.25, 0.3) is 0 Å². The first kappa shape index (κ1) is 11.9. The fourth-order valence-electron chi connectivity index (χ4n) is 1.96. The maximum absolute atomic E-state index is 8.78. The summed E-state index contributed by atoms with van der Waals surface area (Å²) >= 11 is 0. The molecule has 1 saturated carbocycles. The highest BCUT2D eigenvalue weighted by Crippen LogP contribution is 2.25. The molecule has 1 N–H and O–H groups in total. The molecule has 0 aliphatic heterocycles. The minimum absolute atomic E-state index is 0.650. The van der Waals surface area contributed by atoms with Gasteiger partial charge in [0.1, 0.15) is 5.82 Å². The summed E-state index contributed by atoms with van der Waals surface area (Å²) < 4.78 is 0. The molecule has 1 aromatic rings. The highest BCUT2D eigenvalue weighted by atomic mass is 15.2. The van der Waals surface area contributed by atoms with E-state index in [2.05, 4.69) is 28.2 Å². The SMILES string of the molecule is CCN(CCNc1cc(C#N)ccn1)C1CC1. The van der Waals surface area contributed by atoms with Crippen LogP contribution in [0.1, 0.15) is 25.3 Å². The molecule has 0 spiro atoms. The maximum atomic E-state index is 8.78. The van der Waals surface area contributed by atoms with Gasteiger partial charge < -0.3 is 5.32 Å². The van der Waals surface area contributed by atoms with Crippen molar-refractivity contribution in [3.8, 4) is 6.07 Å². The summed E-state index contributed by atoms with van der Waals surface area (Å²) in [4.78, 5) is 6.68. The van der Waals surface area contributed by atoms with Crippen molar-refractivity contribution in [3.05, 3.63) is 23.9 Å². The largest absolute Gasteiger partial charge is 0.369 e. The van der Waals surface area contributed by atoms with Crippen molar-refractivity contribution in [3.63, 3.8) is 0 Å². The zero-order chi connectivity index (χ0) is 12.1. The molecule has 0 unspecified atom stereocenters. The van der Waals surface area contributed by atoms with Crippen LogP contribution >= 0.6 is 0 Å². The highest BCUT2D eigenvalue weighted by molar-refractivity contribution is 5.42. The molecule has 0 aromatic carbocycles. The topological polar surface area (TPSA) is 52.0 Å². The average molecular weight is 230 g/mol. The minimum Gasteiger partial charge on any atom is -0.369 e. The van der Waals surface area contributed by atoms with Gasteiger partial charge in [-0.3, -0.25) is 4.90 Å². The lowest BCUT2D eigenvalue weighted by Gasteiger charge is -2.19. The monoisotopic (exact) mass is 230 g/mol. The molecule has 0 saturated heterocycles. The number of rotatable bonds is 6. The van der Waals surface area contributed by atoms with E-state index in [-0.39, 0.29) is 0 Å². The van der Waals surface area contributed by atoms with Crippen molar-refractivity contribution in [2.24, 2.45) is 0 Å². The Balaban J connectivity index is 1.79. The van der Waals surface area contributed by atoms with Crippen molar-refractivity contribution >= 4 is 5.82 Å². The van der Waals surface area contributed by atoms with E-state index in [0.29, 0.717) is 5.56 Å². The van der Waals surface area contributed by atoms with Gasteiger partial charge in [0.25, 0.3) is 0 Å². The molecule has 4 heteroatoms. The van der Waals surface area contributed by atoms with Crippen molar-refractivity contribution in [2.45, 2.75) is 25.8 Å². The molecule has 0 atom stereocenters. The summed E-state index contributed by atoms with van der Waals surface area (Å²) in [6, 6.07) is 6.42. The normalized spacial score (nSPS) is 14.6. The van der Waals surface area contributed by atoms with Gasteiger partial charge in [0.2, 0.25) is 0 Å². The van der Waals surface area contributed by atoms with E-state index in [1.807, 2.05) is 0 Å². The van der Waals surface area contributed by atoms with Gasteiger partial charge in [-0.1, -0.05) is 6.92 Å². The molecule has 2 rings (SSSR count). The fourth-order valence-corrected chi connectivity index (χ4v) is 1.96. The van der Waals surface area contributed by atoms with Crippen LogP contribution in [0.4, 0.5) is 5.82 Å². The quantitative estimate of drug-likeness (QED) is 0.810. The van der Waals surface area contributed by atoms with E-state index < -0.39 is 0 Å². The van der Waals surface area contributed by atoms with Crippen LogP contribution in [0.3, 0.4) is 0 Å². The van der Waals surface area contributed by atoms with E-state index in [9.17, 15) is 0 Å². The standard InChI is InChI=1S/C13H18N4/c1-2-17(12-3-4-12)8-7-16-13-9-11(10-14)5-6-15-13/h5-6,9,12H,2-4,7-8H2,1H3,(H,15,16). The third-order valence-electron chi connectivity index (χ3n) is 3.06. The van der Waals surface area contributed by atoms with Gasteiger partial charge >= 0.3 is 0 Å². The summed E-state index contributed by atoms with van der Waals surface area (Å²) in [5.74, 6) is 0.788. The van der Waals surface area contributed by atoms with Gasteiger partial charge in [-0.25, -0.2) is 4.98 Å². The Labute approximate surface area is 102 Å². The summed E-state index contributed by atoms with van der Waals surface area (Å²) in [6.45, 7) is 5.23. The number of hydrogen-bond donors (Lipinski definition) is 1. The Morgan fingerprint density at radius 1 is 1.59 bits per heavy atom. The zero-order valence-electron chi connectivity index (χ0n) is 10.2. The second kappa shape index (κ2) is 5.65. The number of aromatic nitrogens is 1. The first-order chi connectivity index (χ1) is 8.33. The molecule has 0 radical (unpaired) electrons. The van der Waals surface area contributed by atoms with E-state index in [1.54, 1.807) is 18.3 Å². The van der Waals surface area contributed by atoms with E-state index in [0.717, 1.165) is 31.5 Å². The second-order valence-electron chi connectivity index (χ2n) is 4.33. The molecule has 1 heterocycles. The summed E-state index contributed by atoms with van der Waals surface area (Å²) in [6.07, 6.45) is 4.35. The molecule has 0 bridgehead atoms. The molecule has 1 aromatic heterocycles. The highest BCUT2D eigenvalue weighted by Gasteiger charge is 2.26. The minimum atomic E-state index is 0.650. The van der Waals surface area contributed by atoms with E-state index in [4.69, 9.17) is 5.26 Å². The lowest BCUT2D eigenvalue weighted by atomic mass is 10.3. The second-order valence-corrected chi connectivity index (χ2v) is 4.33. The first-order valence-electron chi connectivity index (χ1n) is 6.17. The Bertz CT molecular complexity index is 406. The summed E-state index contributed by atoms with van der Waals surface area (Å²) in [5.41, 5.74) is 0.650. The van der Waals surface area contributed by atoms with Crippen LogP contribution in [-0.4, -0.2) is 35.6 Å². The number of nitrogens with one attached hydrogen (secondary N) is 1. The van der Waals surface area contributed by atoms with Gasteiger partial charge in [-0.2, -0.15) is 5.26 Å². The van der Waals surface area contributed by atoms with Crippen molar-refractivity contribution in [1.82, 2.24) is 9.88 Å². The third-order valence-corrected chi connectivity index (χ3v) is 3.06. The molecular weight excluding hydrogens is 212 g/mol. The molecule has 1 aliphatic rings. The van der Waals surface area contributed by atoms with Crippen LogP contribution < -0.4 is 5.32 Å². The Morgan fingerprint density at radius 3 is 3.06 bits per heavy atom. The summed E-state index contributed by atoms with van der Waals surface area (Å²) in [7, 11) is 0.